The van der Waals surface area contributed by atoms with Gasteiger partial charge in [-0.05, 0) is 24.6 Å². The van der Waals surface area contributed by atoms with Crippen molar-refractivity contribution in [1.82, 2.24) is 5.32 Å². The van der Waals surface area contributed by atoms with E-state index < -0.39 is 0 Å². The topological polar surface area (TPSA) is 49.3 Å². The van der Waals surface area contributed by atoms with Crippen LogP contribution >= 0.6 is 11.6 Å². The van der Waals surface area contributed by atoms with Crippen LogP contribution < -0.4 is 5.32 Å². The van der Waals surface area contributed by atoms with Crippen molar-refractivity contribution in [2.45, 2.75) is 6.42 Å². The Morgan fingerprint density at radius 1 is 1.60 bits per heavy atom. The molecule has 4 heteroatoms. The van der Waals surface area contributed by atoms with E-state index in [1.807, 2.05) is 0 Å². The third-order valence-corrected chi connectivity index (χ3v) is 2.07. The number of phenols is 1. The zero-order valence-corrected chi connectivity index (χ0v) is 8.92. The number of hydrogen-bond donors (Lipinski definition) is 2. The molecule has 1 rings (SSSR count). The van der Waals surface area contributed by atoms with Crippen molar-refractivity contribution in [1.29, 1.82) is 0 Å². The third kappa shape index (κ3) is 3.29. The van der Waals surface area contributed by atoms with Gasteiger partial charge in [0.05, 0.1) is 5.56 Å². The van der Waals surface area contributed by atoms with Crippen LogP contribution in [0.15, 0.2) is 30.9 Å². The summed E-state index contributed by atoms with van der Waals surface area (Å²) < 4.78 is 0. The Labute approximate surface area is 93.4 Å². The van der Waals surface area contributed by atoms with Crippen LogP contribution in [-0.4, -0.2) is 17.6 Å². The molecule has 1 aromatic rings. The quantitative estimate of drug-likeness (QED) is 0.611. The van der Waals surface area contributed by atoms with Gasteiger partial charge in [0.1, 0.15) is 5.75 Å². The number of phenolic OH excluding ortho intramolecular Hbond substituents is 1. The molecule has 1 amide bonds. The molecule has 0 aliphatic carbocycles. The van der Waals surface area contributed by atoms with Gasteiger partial charge >= 0.3 is 0 Å². The lowest BCUT2D eigenvalue weighted by molar-refractivity contribution is 0.0952. The monoisotopic (exact) mass is 225 g/mol. The average molecular weight is 226 g/mol. The van der Waals surface area contributed by atoms with Crippen molar-refractivity contribution < 1.29 is 9.90 Å². The van der Waals surface area contributed by atoms with Gasteiger partial charge in [-0.2, -0.15) is 0 Å². The summed E-state index contributed by atoms with van der Waals surface area (Å²) in [6.07, 6.45) is 2.40. The van der Waals surface area contributed by atoms with Crippen molar-refractivity contribution >= 4 is 17.5 Å². The van der Waals surface area contributed by atoms with Gasteiger partial charge < -0.3 is 10.4 Å². The largest absolute Gasteiger partial charge is 0.507 e. The van der Waals surface area contributed by atoms with Gasteiger partial charge in [0.2, 0.25) is 0 Å². The molecule has 0 heterocycles. The fourth-order valence-electron chi connectivity index (χ4n) is 1.08. The van der Waals surface area contributed by atoms with E-state index in [2.05, 4.69) is 11.9 Å². The number of halogens is 1. The first-order chi connectivity index (χ1) is 7.15. The Kier molecular flexibility index (Phi) is 4.18. The number of carbonyl (C=O) groups is 1. The summed E-state index contributed by atoms with van der Waals surface area (Å²) >= 11 is 5.64. The Morgan fingerprint density at radius 2 is 2.33 bits per heavy atom. The maximum atomic E-state index is 11.5. The number of hydrogen-bond acceptors (Lipinski definition) is 2. The fraction of sp³-hybridized carbons (Fsp3) is 0.182. The van der Waals surface area contributed by atoms with Crippen LogP contribution in [0, 0.1) is 0 Å². The van der Waals surface area contributed by atoms with E-state index in [4.69, 9.17) is 11.6 Å². The van der Waals surface area contributed by atoms with Gasteiger partial charge in [0, 0.05) is 11.6 Å². The first-order valence-electron chi connectivity index (χ1n) is 4.52. The van der Waals surface area contributed by atoms with E-state index in [-0.39, 0.29) is 17.2 Å². The van der Waals surface area contributed by atoms with Crippen LogP contribution in [0.3, 0.4) is 0 Å². The molecule has 0 radical (unpaired) electrons. The smallest absolute Gasteiger partial charge is 0.255 e. The second-order valence-electron chi connectivity index (χ2n) is 2.99. The summed E-state index contributed by atoms with van der Waals surface area (Å²) in [5.41, 5.74) is 0.225. The second kappa shape index (κ2) is 5.41. The van der Waals surface area contributed by atoms with E-state index in [1.54, 1.807) is 12.1 Å². The van der Waals surface area contributed by atoms with Gasteiger partial charge in [-0.15, -0.1) is 6.58 Å². The van der Waals surface area contributed by atoms with E-state index in [0.29, 0.717) is 18.0 Å². The number of aromatic hydroxyl groups is 1. The molecule has 0 unspecified atom stereocenters. The van der Waals surface area contributed by atoms with Crippen molar-refractivity contribution in [3.63, 3.8) is 0 Å². The Balaban J connectivity index is 2.69. The van der Waals surface area contributed by atoms with Crippen LogP contribution in [0.2, 0.25) is 5.02 Å². The highest BCUT2D eigenvalue weighted by Crippen LogP contribution is 2.21. The summed E-state index contributed by atoms with van der Waals surface area (Å²) in [5, 5.41) is 12.5. The highest BCUT2D eigenvalue weighted by atomic mass is 35.5. The molecule has 0 spiro atoms. The lowest BCUT2D eigenvalue weighted by atomic mass is 10.2. The van der Waals surface area contributed by atoms with Gasteiger partial charge in [-0.1, -0.05) is 17.7 Å². The summed E-state index contributed by atoms with van der Waals surface area (Å²) in [4.78, 5) is 11.5. The van der Waals surface area contributed by atoms with Gasteiger partial charge in [0.15, 0.2) is 0 Å². The maximum Gasteiger partial charge on any atom is 0.255 e. The molecule has 0 fully saturated rings. The van der Waals surface area contributed by atoms with Crippen molar-refractivity contribution in [2.24, 2.45) is 0 Å². The number of benzene rings is 1. The minimum Gasteiger partial charge on any atom is -0.507 e. The predicted molar refractivity (Wildman–Crippen MR) is 60.3 cm³/mol. The van der Waals surface area contributed by atoms with E-state index in [1.165, 1.54) is 12.1 Å². The lowest BCUT2D eigenvalue weighted by Crippen LogP contribution is -2.24. The van der Waals surface area contributed by atoms with E-state index in [0.717, 1.165) is 0 Å². The van der Waals surface area contributed by atoms with Crippen LogP contribution in [-0.2, 0) is 0 Å². The molecule has 1 aromatic carbocycles. The minimum absolute atomic E-state index is 0.112. The molecule has 0 saturated heterocycles. The first-order valence-corrected chi connectivity index (χ1v) is 4.90. The van der Waals surface area contributed by atoms with Crippen LogP contribution in [0.25, 0.3) is 0 Å². The fourth-order valence-corrected chi connectivity index (χ4v) is 1.25. The van der Waals surface area contributed by atoms with Crippen LogP contribution in [0.4, 0.5) is 0 Å². The predicted octanol–water partition coefficient (Wildman–Crippen LogP) is 2.35. The molecular formula is C11H12ClNO2. The first kappa shape index (κ1) is 11.6. The number of carbonyl (C=O) groups excluding carboxylic acids is 1. The molecule has 0 saturated carbocycles. The summed E-state index contributed by atoms with van der Waals surface area (Å²) in [6.45, 7) is 4.05. The molecule has 0 aromatic heterocycles. The summed E-state index contributed by atoms with van der Waals surface area (Å²) in [6, 6.07) is 4.38. The van der Waals surface area contributed by atoms with Gasteiger partial charge in [-0.25, -0.2) is 0 Å². The number of amides is 1. The Bertz CT molecular complexity index is 377. The van der Waals surface area contributed by atoms with Gasteiger partial charge in [0.25, 0.3) is 5.91 Å². The molecule has 3 nitrogen and oxygen atoms in total. The molecular weight excluding hydrogens is 214 g/mol. The second-order valence-corrected chi connectivity index (χ2v) is 3.43. The molecule has 15 heavy (non-hydrogen) atoms. The van der Waals surface area contributed by atoms with Crippen LogP contribution in [0.5, 0.6) is 5.75 Å². The molecule has 2 N–H and O–H groups in total. The summed E-state index contributed by atoms with van der Waals surface area (Å²) in [7, 11) is 0. The van der Waals surface area contributed by atoms with E-state index >= 15 is 0 Å². The standard InChI is InChI=1S/C11H12ClNO2/c1-2-3-6-13-11(15)9-5-4-8(12)7-10(9)14/h2,4-5,7,14H,1,3,6H2,(H,13,15). The van der Waals surface area contributed by atoms with Gasteiger partial charge in [-0.3, -0.25) is 4.79 Å². The Hall–Kier alpha value is -1.48. The number of nitrogens with one attached hydrogen (secondary N) is 1. The highest BCUT2D eigenvalue weighted by molar-refractivity contribution is 6.30. The normalized spacial score (nSPS) is 9.67. The van der Waals surface area contributed by atoms with Crippen molar-refractivity contribution in [3.05, 3.63) is 41.4 Å². The zero-order chi connectivity index (χ0) is 11.3. The van der Waals surface area contributed by atoms with E-state index in [9.17, 15) is 9.90 Å². The van der Waals surface area contributed by atoms with Crippen molar-refractivity contribution in [3.8, 4) is 5.75 Å². The van der Waals surface area contributed by atoms with Crippen molar-refractivity contribution in [2.75, 3.05) is 6.54 Å². The highest BCUT2D eigenvalue weighted by Gasteiger charge is 2.09. The molecule has 0 bridgehead atoms. The molecule has 0 aliphatic heterocycles. The zero-order valence-electron chi connectivity index (χ0n) is 8.16. The minimum atomic E-state index is -0.314. The summed E-state index contributed by atoms with van der Waals surface area (Å²) in [5.74, 6) is -0.426. The molecule has 0 atom stereocenters. The molecule has 80 valence electrons. The lowest BCUT2D eigenvalue weighted by Gasteiger charge is -2.05. The average Bonchev–Trinajstić information content (AvgIpc) is 2.17. The molecule has 0 aliphatic rings. The maximum absolute atomic E-state index is 11.5. The SMILES string of the molecule is C=CCCNC(=O)c1ccc(Cl)cc1O. The third-order valence-electron chi connectivity index (χ3n) is 1.84. The Morgan fingerprint density at radius 3 is 2.93 bits per heavy atom. The number of rotatable bonds is 4. The van der Waals surface area contributed by atoms with Crippen LogP contribution in [0.1, 0.15) is 16.8 Å².